The summed E-state index contributed by atoms with van der Waals surface area (Å²) in [5.41, 5.74) is 4.59. The van der Waals surface area contributed by atoms with Gasteiger partial charge < -0.3 is 20.3 Å². The topological polar surface area (TPSA) is 56.8 Å². The second kappa shape index (κ2) is 10.3. The number of benzene rings is 2. The molecule has 29 heavy (non-hydrogen) atoms. The van der Waals surface area contributed by atoms with Crippen molar-refractivity contribution in [3.05, 3.63) is 65.2 Å². The summed E-state index contributed by atoms with van der Waals surface area (Å²) < 4.78 is 5.61. The molecule has 1 aliphatic heterocycles. The highest BCUT2D eigenvalue weighted by Gasteiger charge is 2.16. The average molecular weight is 397 g/mol. The second-order valence-corrected chi connectivity index (χ2v) is 7.83. The van der Waals surface area contributed by atoms with Crippen LogP contribution in [0.25, 0.3) is 0 Å². The van der Waals surface area contributed by atoms with E-state index in [4.69, 9.17) is 4.74 Å². The molecule has 3 rings (SSSR count). The van der Waals surface area contributed by atoms with Gasteiger partial charge >= 0.3 is 6.03 Å². The molecule has 6 heteroatoms. The lowest BCUT2D eigenvalue weighted by atomic mass is 10.1. The van der Waals surface area contributed by atoms with Gasteiger partial charge in [0, 0.05) is 52.5 Å². The van der Waals surface area contributed by atoms with Crippen molar-refractivity contribution in [1.29, 1.82) is 0 Å². The number of anilines is 1. The van der Waals surface area contributed by atoms with Crippen LogP contribution in [0.1, 0.15) is 23.6 Å². The first kappa shape index (κ1) is 21.1. The van der Waals surface area contributed by atoms with Crippen LogP contribution >= 0.6 is 0 Å². The van der Waals surface area contributed by atoms with Crippen LogP contribution in [-0.4, -0.2) is 50.8 Å². The summed E-state index contributed by atoms with van der Waals surface area (Å²) in [6.07, 6.45) is 0.288. The number of hydrogen-bond donors (Lipinski definition) is 2. The van der Waals surface area contributed by atoms with Crippen LogP contribution in [0.15, 0.2) is 48.5 Å². The molecule has 0 spiro atoms. The Labute approximate surface area is 173 Å². The van der Waals surface area contributed by atoms with E-state index in [9.17, 15) is 4.79 Å². The fourth-order valence-corrected chi connectivity index (χ4v) is 3.47. The van der Waals surface area contributed by atoms with E-state index < -0.39 is 0 Å². The number of rotatable bonds is 7. The number of nitrogens with one attached hydrogen (secondary N) is 2. The van der Waals surface area contributed by atoms with E-state index in [0.29, 0.717) is 13.1 Å². The minimum absolute atomic E-state index is 0.158. The molecule has 2 aromatic rings. The van der Waals surface area contributed by atoms with Crippen molar-refractivity contribution in [3.8, 4) is 0 Å². The highest BCUT2D eigenvalue weighted by Crippen LogP contribution is 2.13. The summed E-state index contributed by atoms with van der Waals surface area (Å²) in [5.74, 6) is 0. The van der Waals surface area contributed by atoms with Gasteiger partial charge in [0.15, 0.2) is 0 Å². The molecule has 0 radical (unpaired) electrons. The fourth-order valence-electron chi connectivity index (χ4n) is 3.47. The number of carbonyl (C=O) groups is 1. The van der Waals surface area contributed by atoms with E-state index in [1.165, 1.54) is 5.56 Å². The maximum Gasteiger partial charge on any atom is 0.315 e. The van der Waals surface area contributed by atoms with Gasteiger partial charge in [-0.2, -0.15) is 0 Å². The summed E-state index contributed by atoms with van der Waals surface area (Å²) in [5, 5.41) is 5.86. The Morgan fingerprint density at radius 3 is 2.45 bits per heavy atom. The molecule has 0 aliphatic carbocycles. The van der Waals surface area contributed by atoms with Gasteiger partial charge in [0.2, 0.25) is 0 Å². The minimum atomic E-state index is -0.158. The molecule has 1 unspecified atom stereocenters. The molecule has 0 aromatic heterocycles. The molecule has 1 heterocycles. The Hall–Kier alpha value is -2.57. The van der Waals surface area contributed by atoms with Gasteiger partial charge in [-0.25, -0.2) is 4.79 Å². The number of hydrogen-bond acceptors (Lipinski definition) is 4. The maximum absolute atomic E-state index is 12.2. The molecule has 2 amide bonds. The quantitative estimate of drug-likeness (QED) is 0.756. The standard InChI is InChI=1S/C23H32N4O2/c1-18-16-27(11-12-29-18)17-21-6-4-5-20(13-21)15-25-23(28)24-14-19-7-9-22(10-8-19)26(2)3/h4-10,13,18H,11-12,14-17H2,1-3H3,(H2,24,25,28). The molecule has 2 N–H and O–H groups in total. The highest BCUT2D eigenvalue weighted by atomic mass is 16.5. The van der Waals surface area contributed by atoms with Crippen molar-refractivity contribution in [3.63, 3.8) is 0 Å². The molecule has 2 aromatic carbocycles. The molecule has 0 bridgehead atoms. The SMILES string of the molecule is CC1CN(Cc2cccc(CNC(=O)NCc3ccc(N(C)C)cc3)c2)CCO1. The second-order valence-electron chi connectivity index (χ2n) is 7.83. The van der Waals surface area contributed by atoms with E-state index in [0.717, 1.165) is 43.1 Å². The van der Waals surface area contributed by atoms with E-state index in [-0.39, 0.29) is 12.1 Å². The Kier molecular flexibility index (Phi) is 7.49. The maximum atomic E-state index is 12.2. The molecule has 1 fully saturated rings. The normalized spacial score (nSPS) is 17.0. The first-order chi connectivity index (χ1) is 14.0. The van der Waals surface area contributed by atoms with Crippen LogP contribution in [0.2, 0.25) is 0 Å². The van der Waals surface area contributed by atoms with Crippen LogP contribution in [-0.2, 0) is 24.4 Å². The molecule has 156 valence electrons. The Bertz CT molecular complexity index is 792. The molecular formula is C23H32N4O2. The lowest BCUT2D eigenvalue weighted by Crippen LogP contribution is -2.40. The van der Waals surface area contributed by atoms with Gasteiger partial charge in [-0.1, -0.05) is 36.4 Å². The monoisotopic (exact) mass is 396 g/mol. The molecule has 1 atom stereocenters. The van der Waals surface area contributed by atoms with Gasteiger partial charge in [0.1, 0.15) is 0 Å². The third kappa shape index (κ3) is 6.76. The van der Waals surface area contributed by atoms with Crippen molar-refractivity contribution < 1.29 is 9.53 Å². The summed E-state index contributed by atoms with van der Waals surface area (Å²) >= 11 is 0. The fraction of sp³-hybridized carbons (Fsp3) is 0.435. The van der Waals surface area contributed by atoms with E-state index in [1.54, 1.807) is 0 Å². The van der Waals surface area contributed by atoms with Crippen molar-refractivity contribution in [2.24, 2.45) is 0 Å². The number of urea groups is 1. The molecular weight excluding hydrogens is 364 g/mol. The highest BCUT2D eigenvalue weighted by molar-refractivity contribution is 5.73. The van der Waals surface area contributed by atoms with Gasteiger partial charge in [0.05, 0.1) is 12.7 Å². The van der Waals surface area contributed by atoms with Crippen LogP contribution in [0.3, 0.4) is 0 Å². The van der Waals surface area contributed by atoms with E-state index in [1.807, 2.05) is 32.3 Å². The lowest BCUT2D eigenvalue weighted by Gasteiger charge is -2.31. The van der Waals surface area contributed by atoms with E-state index in [2.05, 4.69) is 57.7 Å². The Balaban J connectivity index is 1.43. The number of amides is 2. The van der Waals surface area contributed by atoms with Crippen LogP contribution < -0.4 is 15.5 Å². The predicted octanol–water partition coefficient (Wildman–Crippen LogP) is 2.97. The number of ether oxygens (including phenoxy) is 1. The molecule has 1 saturated heterocycles. The third-order valence-corrected chi connectivity index (χ3v) is 5.08. The van der Waals surface area contributed by atoms with Gasteiger partial charge in [-0.15, -0.1) is 0 Å². The minimum Gasteiger partial charge on any atom is -0.378 e. The van der Waals surface area contributed by atoms with Gasteiger partial charge in [-0.3, -0.25) is 4.90 Å². The largest absolute Gasteiger partial charge is 0.378 e. The smallest absolute Gasteiger partial charge is 0.315 e. The van der Waals surface area contributed by atoms with Crippen molar-refractivity contribution in [2.45, 2.75) is 32.7 Å². The number of morpholine rings is 1. The first-order valence-electron chi connectivity index (χ1n) is 10.2. The molecule has 6 nitrogen and oxygen atoms in total. The van der Waals surface area contributed by atoms with E-state index >= 15 is 0 Å². The Morgan fingerprint density at radius 2 is 1.76 bits per heavy atom. The number of nitrogens with zero attached hydrogens (tertiary/aromatic N) is 2. The summed E-state index contributed by atoms with van der Waals surface area (Å²) in [7, 11) is 4.02. The first-order valence-corrected chi connectivity index (χ1v) is 10.2. The van der Waals surface area contributed by atoms with Crippen molar-refractivity contribution >= 4 is 11.7 Å². The summed E-state index contributed by atoms with van der Waals surface area (Å²) in [6, 6.07) is 16.4. The lowest BCUT2D eigenvalue weighted by molar-refractivity contribution is -0.0212. The van der Waals surface area contributed by atoms with Crippen LogP contribution in [0.4, 0.5) is 10.5 Å². The van der Waals surface area contributed by atoms with Gasteiger partial charge in [-0.05, 0) is 35.7 Å². The number of carbonyl (C=O) groups excluding carboxylic acids is 1. The summed E-state index contributed by atoms with van der Waals surface area (Å²) in [6.45, 7) is 6.76. The Morgan fingerprint density at radius 1 is 1.07 bits per heavy atom. The predicted molar refractivity (Wildman–Crippen MR) is 117 cm³/mol. The summed E-state index contributed by atoms with van der Waals surface area (Å²) in [4.78, 5) is 16.6. The molecule has 0 saturated carbocycles. The average Bonchev–Trinajstić information content (AvgIpc) is 2.71. The van der Waals surface area contributed by atoms with Crippen LogP contribution in [0, 0.1) is 0 Å². The third-order valence-electron chi connectivity index (χ3n) is 5.08. The van der Waals surface area contributed by atoms with Crippen molar-refractivity contribution in [2.75, 3.05) is 38.7 Å². The van der Waals surface area contributed by atoms with Crippen molar-refractivity contribution in [1.82, 2.24) is 15.5 Å². The zero-order valence-electron chi connectivity index (χ0n) is 17.6. The van der Waals surface area contributed by atoms with Crippen LogP contribution in [0.5, 0.6) is 0 Å². The zero-order chi connectivity index (χ0) is 20.6. The zero-order valence-corrected chi connectivity index (χ0v) is 17.6. The molecule has 1 aliphatic rings. The van der Waals surface area contributed by atoms with Gasteiger partial charge in [0.25, 0.3) is 0 Å².